The summed E-state index contributed by atoms with van der Waals surface area (Å²) < 4.78 is 1.77. The molecule has 5 heteroatoms. The highest BCUT2D eigenvalue weighted by Crippen LogP contribution is 2.21. The zero-order valence-electron chi connectivity index (χ0n) is 11.0. The van der Waals surface area contributed by atoms with Crippen LogP contribution in [0, 0.1) is 13.8 Å². The maximum atomic E-state index is 5.67. The first kappa shape index (κ1) is 12.7. The summed E-state index contributed by atoms with van der Waals surface area (Å²) in [7, 11) is 1.89. The van der Waals surface area contributed by atoms with E-state index in [2.05, 4.69) is 47.6 Å². The Morgan fingerprint density at radius 2 is 2.17 bits per heavy atom. The number of nitrogens with zero attached hydrogens (tertiary/aromatic N) is 3. The third kappa shape index (κ3) is 2.57. The van der Waals surface area contributed by atoms with Crippen LogP contribution in [0.25, 0.3) is 0 Å². The molecule has 2 aromatic rings. The topological polar surface area (TPSA) is 68.8 Å². The molecule has 5 nitrogen and oxygen atoms in total. The lowest BCUT2D eigenvalue weighted by molar-refractivity contribution is 0.521. The van der Waals surface area contributed by atoms with Gasteiger partial charge in [-0.25, -0.2) is 4.98 Å². The molecule has 1 heterocycles. The molecule has 0 bridgehead atoms. The molecule has 0 amide bonds. The molecule has 96 valence electrons. The zero-order valence-corrected chi connectivity index (χ0v) is 11.0. The molecule has 18 heavy (non-hydrogen) atoms. The minimum absolute atomic E-state index is 0.0495. The summed E-state index contributed by atoms with van der Waals surface area (Å²) in [6.45, 7) is 4.19. The first-order valence-corrected chi connectivity index (χ1v) is 5.98. The van der Waals surface area contributed by atoms with E-state index in [1.54, 1.807) is 11.0 Å². The smallest absolute Gasteiger partial charge is 0.138 e. The third-order valence-corrected chi connectivity index (χ3v) is 3.19. The standard InChI is InChI=1S/C13H19N5/c1-9-4-5-11(10(2)6-9)12(17-14)7-13-15-8-16-18(13)3/h4-6,8,12,17H,7,14H2,1-3H3. The molecule has 1 aromatic carbocycles. The van der Waals surface area contributed by atoms with Gasteiger partial charge >= 0.3 is 0 Å². The Labute approximate surface area is 107 Å². The number of hydrogen-bond donors (Lipinski definition) is 2. The largest absolute Gasteiger partial charge is 0.271 e. The van der Waals surface area contributed by atoms with E-state index in [1.165, 1.54) is 16.7 Å². The molecule has 0 spiro atoms. The van der Waals surface area contributed by atoms with E-state index in [4.69, 9.17) is 5.84 Å². The molecule has 0 saturated heterocycles. The number of nitrogens with two attached hydrogens (primary N) is 1. The van der Waals surface area contributed by atoms with Crippen LogP contribution < -0.4 is 11.3 Å². The maximum absolute atomic E-state index is 5.67. The summed E-state index contributed by atoms with van der Waals surface area (Å²) in [5, 5.41) is 4.07. The van der Waals surface area contributed by atoms with E-state index in [0.29, 0.717) is 0 Å². The molecule has 0 radical (unpaired) electrons. The second-order valence-electron chi connectivity index (χ2n) is 4.58. The number of aryl methyl sites for hydroxylation is 3. The number of hydrazine groups is 1. The Kier molecular flexibility index (Phi) is 3.74. The van der Waals surface area contributed by atoms with Crippen molar-refractivity contribution in [3.63, 3.8) is 0 Å². The van der Waals surface area contributed by atoms with E-state index in [0.717, 1.165) is 12.2 Å². The first-order chi connectivity index (χ1) is 8.61. The van der Waals surface area contributed by atoms with Crippen LogP contribution in [0.3, 0.4) is 0 Å². The van der Waals surface area contributed by atoms with Gasteiger partial charge < -0.3 is 0 Å². The van der Waals surface area contributed by atoms with Crippen molar-refractivity contribution in [2.75, 3.05) is 0 Å². The van der Waals surface area contributed by atoms with E-state index in [-0.39, 0.29) is 6.04 Å². The highest BCUT2D eigenvalue weighted by molar-refractivity contribution is 5.33. The van der Waals surface area contributed by atoms with E-state index < -0.39 is 0 Å². The van der Waals surface area contributed by atoms with Gasteiger partial charge in [-0.1, -0.05) is 23.8 Å². The first-order valence-electron chi connectivity index (χ1n) is 5.98. The van der Waals surface area contributed by atoms with Crippen LogP contribution in [0.5, 0.6) is 0 Å². The fourth-order valence-corrected chi connectivity index (χ4v) is 2.16. The Bertz CT molecular complexity index is 532. The van der Waals surface area contributed by atoms with Gasteiger partial charge in [0.05, 0.1) is 6.04 Å². The highest BCUT2D eigenvalue weighted by atomic mass is 15.3. The van der Waals surface area contributed by atoms with Gasteiger partial charge in [0.25, 0.3) is 0 Å². The Balaban J connectivity index is 2.26. The number of hydrogen-bond acceptors (Lipinski definition) is 4. The molecule has 0 aliphatic rings. The van der Waals surface area contributed by atoms with Crippen molar-refractivity contribution in [3.8, 4) is 0 Å². The normalized spacial score (nSPS) is 12.7. The summed E-state index contributed by atoms with van der Waals surface area (Å²) in [5.74, 6) is 6.59. The summed E-state index contributed by atoms with van der Waals surface area (Å²) in [6, 6.07) is 6.43. The van der Waals surface area contributed by atoms with Crippen molar-refractivity contribution in [1.29, 1.82) is 0 Å². The number of benzene rings is 1. The fraction of sp³-hybridized carbons (Fsp3) is 0.385. The van der Waals surface area contributed by atoms with E-state index in [1.807, 2.05) is 7.05 Å². The number of rotatable bonds is 4. The molecule has 0 fully saturated rings. The molecule has 3 N–H and O–H groups in total. The molecule has 1 unspecified atom stereocenters. The minimum Gasteiger partial charge on any atom is -0.271 e. The van der Waals surface area contributed by atoms with Crippen molar-refractivity contribution in [3.05, 3.63) is 47.0 Å². The number of aromatic nitrogens is 3. The Morgan fingerprint density at radius 3 is 2.72 bits per heavy atom. The molecular formula is C13H19N5. The third-order valence-electron chi connectivity index (χ3n) is 3.19. The van der Waals surface area contributed by atoms with Gasteiger partial charge in [-0.3, -0.25) is 16.0 Å². The summed E-state index contributed by atoms with van der Waals surface area (Å²) in [5.41, 5.74) is 6.55. The van der Waals surface area contributed by atoms with Gasteiger partial charge in [-0.2, -0.15) is 5.10 Å². The Hall–Kier alpha value is -1.72. The van der Waals surface area contributed by atoms with Crippen LogP contribution in [-0.2, 0) is 13.5 Å². The number of nitrogens with one attached hydrogen (secondary N) is 1. The average Bonchev–Trinajstić information content (AvgIpc) is 2.73. The van der Waals surface area contributed by atoms with Crippen molar-refractivity contribution < 1.29 is 0 Å². The van der Waals surface area contributed by atoms with Gasteiger partial charge in [0.1, 0.15) is 12.2 Å². The quantitative estimate of drug-likeness (QED) is 0.627. The second-order valence-corrected chi connectivity index (χ2v) is 4.58. The molecule has 0 aliphatic heterocycles. The molecule has 0 saturated carbocycles. The van der Waals surface area contributed by atoms with Crippen molar-refractivity contribution in [2.24, 2.45) is 12.9 Å². The monoisotopic (exact) mass is 245 g/mol. The molecule has 2 rings (SSSR count). The van der Waals surface area contributed by atoms with Crippen molar-refractivity contribution in [1.82, 2.24) is 20.2 Å². The predicted octanol–water partition coefficient (Wildman–Crippen LogP) is 1.18. The maximum Gasteiger partial charge on any atom is 0.138 e. The van der Waals surface area contributed by atoms with Crippen LogP contribution in [0.15, 0.2) is 24.5 Å². The zero-order chi connectivity index (χ0) is 13.1. The fourth-order valence-electron chi connectivity index (χ4n) is 2.16. The van der Waals surface area contributed by atoms with Gasteiger partial charge in [0.2, 0.25) is 0 Å². The van der Waals surface area contributed by atoms with Gasteiger partial charge in [0, 0.05) is 13.5 Å². The van der Waals surface area contributed by atoms with Crippen LogP contribution in [-0.4, -0.2) is 14.8 Å². The second kappa shape index (κ2) is 5.29. The SMILES string of the molecule is Cc1ccc(C(Cc2ncnn2C)NN)c(C)c1. The minimum atomic E-state index is 0.0495. The summed E-state index contributed by atoms with van der Waals surface area (Å²) >= 11 is 0. The summed E-state index contributed by atoms with van der Waals surface area (Å²) in [4.78, 5) is 4.23. The lowest BCUT2D eigenvalue weighted by Crippen LogP contribution is -2.30. The van der Waals surface area contributed by atoms with E-state index in [9.17, 15) is 0 Å². The molecule has 1 aromatic heterocycles. The van der Waals surface area contributed by atoms with E-state index >= 15 is 0 Å². The molecule has 0 aliphatic carbocycles. The van der Waals surface area contributed by atoms with Crippen LogP contribution in [0.4, 0.5) is 0 Å². The Morgan fingerprint density at radius 1 is 1.39 bits per heavy atom. The van der Waals surface area contributed by atoms with Gasteiger partial charge in [0.15, 0.2) is 0 Å². The van der Waals surface area contributed by atoms with Crippen LogP contribution in [0.2, 0.25) is 0 Å². The van der Waals surface area contributed by atoms with Gasteiger partial charge in [-0.05, 0) is 25.0 Å². The van der Waals surface area contributed by atoms with Gasteiger partial charge in [-0.15, -0.1) is 0 Å². The van der Waals surface area contributed by atoms with Crippen LogP contribution >= 0.6 is 0 Å². The lowest BCUT2D eigenvalue weighted by atomic mass is 9.97. The molecular weight excluding hydrogens is 226 g/mol. The van der Waals surface area contributed by atoms with Crippen molar-refractivity contribution >= 4 is 0 Å². The molecule has 1 atom stereocenters. The van der Waals surface area contributed by atoms with Crippen LogP contribution in [0.1, 0.15) is 28.6 Å². The average molecular weight is 245 g/mol. The predicted molar refractivity (Wildman–Crippen MR) is 70.7 cm³/mol. The lowest BCUT2D eigenvalue weighted by Gasteiger charge is -2.18. The highest BCUT2D eigenvalue weighted by Gasteiger charge is 2.15. The van der Waals surface area contributed by atoms with Crippen molar-refractivity contribution in [2.45, 2.75) is 26.3 Å². The summed E-state index contributed by atoms with van der Waals surface area (Å²) in [6.07, 6.45) is 2.28.